The van der Waals surface area contributed by atoms with Crippen molar-refractivity contribution >= 4 is 27.5 Å². The van der Waals surface area contributed by atoms with Crippen LogP contribution in [0.15, 0.2) is 48.5 Å². The van der Waals surface area contributed by atoms with Crippen LogP contribution in [0.3, 0.4) is 0 Å². The van der Waals surface area contributed by atoms with Gasteiger partial charge in [0, 0.05) is 26.1 Å². The van der Waals surface area contributed by atoms with Crippen LogP contribution in [0.5, 0.6) is 5.75 Å². The topological polar surface area (TPSA) is 96.0 Å². The fourth-order valence-electron chi connectivity index (χ4n) is 4.19. The molecule has 0 fully saturated rings. The zero-order chi connectivity index (χ0) is 28.3. The molecule has 0 aromatic heterocycles. The van der Waals surface area contributed by atoms with Crippen LogP contribution in [0.2, 0.25) is 0 Å². The van der Waals surface area contributed by atoms with Gasteiger partial charge in [0.15, 0.2) is 0 Å². The number of carbonyl (C=O) groups excluding carboxylic acids is 2. The minimum atomic E-state index is -3.56. The van der Waals surface area contributed by atoms with Gasteiger partial charge in [-0.25, -0.2) is 8.42 Å². The quantitative estimate of drug-likeness (QED) is 0.355. The Kier molecular flexibility index (Phi) is 12.1. The molecular formula is C29H43N3O5S. The molecule has 210 valence electrons. The molecule has 2 amide bonds. The molecule has 0 aliphatic rings. The van der Waals surface area contributed by atoms with Gasteiger partial charge in [-0.15, -0.1) is 0 Å². The molecule has 1 unspecified atom stereocenters. The second kappa shape index (κ2) is 14.8. The van der Waals surface area contributed by atoms with Gasteiger partial charge in [-0.05, 0) is 68.0 Å². The number of benzene rings is 2. The smallest absolute Gasteiger partial charge is 0.242 e. The van der Waals surface area contributed by atoms with Crippen LogP contribution in [-0.2, 0) is 26.2 Å². The summed E-state index contributed by atoms with van der Waals surface area (Å²) in [5.41, 5.74) is 2.53. The first kappa shape index (κ1) is 31.1. The van der Waals surface area contributed by atoms with Crippen LogP contribution in [0.1, 0.15) is 58.1 Å². The van der Waals surface area contributed by atoms with E-state index < -0.39 is 16.1 Å². The summed E-state index contributed by atoms with van der Waals surface area (Å²) in [6.07, 6.45) is 2.06. The number of anilines is 1. The van der Waals surface area contributed by atoms with Gasteiger partial charge in [0.25, 0.3) is 0 Å². The predicted molar refractivity (Wildman–Crippen MR) is 153 cm³/mol. The standard InChI is InChI=1S/C29H43N3O5S/c1-7-27(29(34)30-20-22(3)4)31(21-24-13-10-9-12-23(24)5)28(33)14-11-19-32(38(6,35)36)25-15-17-26(18-16-25)37-8-2/h9-10,12-13,15-18,22,27H,7-8,11,14,19-21H2,1-6H3,(H,30,34). The van der Waals surface area contributed by atoms with E-state index in [1.54, 1.807) is 29.2 Å². The van der Waals surface area contributed by atoms with E-state index in [1.165, 1.54) is 4.31 Å². The Bertz CT molecular complexity index is 1150. The van der Waals surface area contributed by atoms with Crippen LogP contribution in [0.25, 0.3) is 0 Å². The molecule has 2 aromatic carbocycles. The number of nitrogens with zero attached hydrogens (tertiary/aromatic N) is 2. The third kappa shape index (κ3) is 9.35. The van der Waals surface area contributed by atoms with Gasteiger partial charge in [-0.2, -0.15) is 0 Å². The number of hydrogen-bond donors (Lipinski definition) is 1. The number of rotatable bonds is 15. The van der Waals surface area contributed by atoms with Crippen molar-refractivity contribution in [1.29, 1.82) is 0 Å². The zero-order valence-corrected chi connectivity index (χ0v) is 24.4. The van der Waals surface area contributed by atoms with Gasteiger partial charge >= 0.3 is 0 Å². The molecule has 0 aliphatic heterocycles. The van der Waals surface area contributed by atoms with Crippen molar-refractivity contribution in [2.45, 2.75) is 66.5 Å². The maximum Gasteiger partial charge on any atom is 0.242 e. The molecule has 0 radical (unpaired) electrons. The third-order valence-electron chi connectivity index (χ3n) is 6.26. The van der Waals surface area contributed by atoms with E-state index in [4.69, 9.17) is 4.74 Å². The van der Waals surface area contributed by atoms with E-state index in [0.29, 0.717) is 49.9 Å². The van der Waals surface area contributed by atoms with Crippen molar-refractivity contribution in [1.82, 2.24) is 10.2 Å². The summed E-state index contributed by atoms with van der Waals surface area (Å²) in [5.74, 6) is 0.602. The van der Waals surface area contributed by atoms with E-state index in [-0.39, 0.29) is 24.8 Å². The summed E-state index contributed by atoms with van der Waals surface area (Å²) in [7, 11) is -3.56. The van der Waals surface area contributed by atoms with E-state index in [9.17, 15) is 18.0 Å². The predicted octanol–water partition coefficient (Wildman–Crippen LogP) is 4.52. The fraction of sp³-hybridized carbons (Fsp3) is 0.517. The maximum absolute atomic E-state index is 13.5. The van der Waals surface area contributed by atoms with E-state index >= 15 is 0 Å². The van der Waals surface area contributed by atoms with Gasteiger partial charge in [0.05, 0.1) is 18.6 Å². The molecule has 0 aliphatic carbocycles. The highest BCUT2D eigenvalue weighted by molar-refractivity contribution is 7.92. The van der Waals surface area contributed by atoms with Crippen LogP contribution in [0, 0.1) is 12.8 Å². The minimum absolute atomic E-state index is 0.114. The lowest BCUT2D eigenvalue weighted by Gasteiger charge is -2.31. The van der Waals surface area contributed by atoms with Crippen LogP contribution >= 0.6 is 0 Å². The van der Waals surface area contributed by atoms with Gasteiger partial charge < -0.3 is 15.0 Å². The zero-order valence-electron chi connectivity index (χ0n) is 23.6. The van der Waals surface area contributed by atoms with Crippen molar-refractivity contribution in [2.75, 3.05) is 30.3 Å². The van der Waals surface area contributed by atoms with Crippen molar-refractivity contribution < 1.29 is 22.7 Å². The molecule has 0 heterocycles. The Hall–Kier alpha value is -3.07. The number of amides is 2. The molecule has 0 saturated carbocycles. The van der Waals surface area contributed by atoms with Crippen LogP contribution in [-0.4, -0.2) is 57.1 Å². The highest BCUT2D eigenvalue weighted by atomic mass is 32.2. The van der Waals surface area contributed by atoms with Gasteiger partial charge in [-0.3, -0.25) is 13.9 Å². The third-order valence-corrected chi connectivity index (χ3v) is 7.45. The summed E-state index contributed by atoms with van der Waals surface area (Å²) >= 11 is 0. The Balaban J connectivity index is 2.20. The SMILES string of the molecule is CCOc1ccc(N(CCCC(=O)N(Cc2ccccc2C)C(CC)C(=O)NCC(C)C)S(C)(=O)=O)cc1. The summed E-state index contributed by atoms with van der Waals surface area (Å²) in [6, 6.07) is 14.1. The monoisotopic (exact) mass is 545 g/mol. The molecule has 0 bridgehead atoms. The highest BCUT2D eigenvalue weighted by Crippen LogP contribution is 2.23. The molecule has 1 N–H and O–H groups in total. The summed E-state index contributed by atoms with van der Waals surface area (Å²) in [6.45, 7) is 11.3. The molecular weight excluding hydrogens is 502 g/mol. The Labute approximate surface area is 228 Å². The fourth-order valence-corrected chi connectivity index (χ4v) is 5.16. The number of sulfonamides is 1. The summed E-state index contributed by atoms with van der Waals surface area (Å²) in [4.78, 5) is 28.3. The van der Waals surface area contributed by atoms with E-state index in [1.807, 2.05) is 58.9 Å². The van der Waals surface area contributed by atoms with Crippen molar-refractivity contribution in [3.05, 3.63) is 59.7 Å². The maximum atomic E-state index is 13.5. The van der Waals surface area contributed by atoms with E-state index in [0.717, 1.165) is 17.4 Å². The van der Waals surface area contributed by atoms with Crippen molar-refractivity contribution in [2.24, 2.45) is 5.92 Å². The molecule has 0 saturated heterocycles. The number of carbonyl (C=O) groups is 2. The summed E-state index contributed by atoms with van der Waals surface area (Å²) < 4.78 is 31.8. The number of ether oxygens (including phenoxy) is 1. The lowest BCUT2D eigenvalue weighted by Crippen LogP contribution is -2.49. The first-order valence-electron chi connectivity index (χ1n) is 13.3. The molecule has 38 heavy (non-hydrogen) atoms. The van der Waals surface area contributed by atoms with Gasteiger partial charge in [0.2, 0.25) is 21.8 Å². The lowest BCUT2D eigenvalue weighted by molar-refractivity contribution is -0.141. The van der Waals surface area contributed by atoms with Crippen LogP contribution < -0.4 is 14.4 Å². The second-order valence-corrected chi connectivity index (χ2v) is 11.8. The van der Waals surface area contributed by atoms with Gasteiger partial charge in [0.1, 0.15) is 11.8 Å². The molecule has 0 spiro atoms. The first-order valence-corrected chi connectivity index (χ1v) is 15.1. The minimum Gasteiger partial charge on any atom is -0.494 e. The average molecular weight is 546 g/mol. The molecule has 9 heteroatoms. The number of hydrogen-bond acceptors (Lipinski definition) is 5. The molecule has 2 rings (SSSR count). The van der Waals surface area contributed by atoms with Crippen LogP contribution in [0.4, 0.5) is 5.69 Å². The lowest BCUT2D eigenvalue weighted by atomic mass is 10.0. The first-order chi connectivity index (χ1) is 18.0. The Morgan fingerprint density at radius 1 is 1.03 bits per heavy atom. The second-order valence-electron chi connectivity index (χ2n) is 9.88. The number of nitrogens with one attached hydrogen (secondary N) is 1. The Morgan fingerprint density at radius 3 is 2.24 bits per heavy atom. The van der Waals surface area contributed by atoms with Crippen molar-refractivity contribution in [3.8, 4) is 5.75 Å². The van der Waals surface area contributed by atoms with E-state index in [2.05, 4.69) is 5.32 Å². The summed E-state index contributed by atoms with van der Waals surface area (Å²) in [5, 5.41) is 2.97. The average Bonchev–Trinajstić information content (AvgIpc) is 2.86. The highest BCUT2D eigenvalue weighted by Gasteiger charge is 2.29. The van der Waals surface area contributed by atoms with Gasteiger partial charge in [-0.1, -0.05) is 45.0 Å². The Morgan fingerprint density at radius 2 is 1.68 bits per heavy atom. The molecule has 8 nitrogen and oxygen atoms in total. The van der Waals surface area contributed by atoms with Crippen molar-refractivity contribution in [3.63, 3.8) is 0 Å². The largest absolute Gasteiger partial charge is 0.494 e. The molecule has 1 atom stereocenters. The normalized spacial score (nSPS) is 12.2. The number of aryl methyl sites for hydroxylation is 1. The molecule has 2 aromatic rings.